The van der Waals surface area contributed by atoms with Gasteiger partial charge in [-0.05, 0) is 48.9 Å². The summed E-state index contributed by atoms with van der Waals surface area (Å²) >= 11 is 0. The van der Waals surface area contributed by atoms with E-state index in [1.165, 1.54) is 24.6 Å². The summed E-state index contributed by atoms with van der Waals surface area (Å²) in [5.41, 5.74) is 3.02. The van der Waals surface area contributed by atoms with Crippen LogP contribution in [0.2, 0.25) is 0 Å². The van der Waals surface area contributed by atoms with Crippen molar-refractivity contribution in [1.29, 1.82) is 0 Å². The van der Waals surface area contributed by atoms with E-state index in [1.54, 1.807) is 12.1 Å². The molecule has 32 heavy (non-hydrogen) atoms. The SMILES string of the molecule is CCc1cccc(CC)c1NC(=O)[C@H]1CCCN(S(=O)(=O)c2cc(OC)ccc2OC)C1. The number of aryl methyl sites for hydroxylation is 2. The van der Waals surface area contributed by atoms with Crippen LogP contribution in [0.4, 0.5) is 5.69 Å². The van der Waals surface area contributed by atoms with Gasteiger partial charge in [0, 0.05) is 24.8 Å². The number of rotatable bonds is 8. The molecule has 8 heteroatoms. The van der Waals surface area contributed by atoms with Crippen LogP contribution in [0.25, 0.3) is 0 Å². The molecular formula is C24H32N2O5S. The van der Waals surface area contributed by atoms with Crippen LogP contribution in [0.3, 0.4) is 0 Å². The molecule has 0 unspecified atom stereocenters. The van der Waals surface area contributed by atoms with Gasteiger partial charge in [0.25, 0.3) is 0 Å². The van der Waals surface area contributed by atoms with Crippen LogP contribution in [-0.4, -0.2) is 45.9 Å². The Hall–Kier alpha value is -2.58. The minimum absolute atomic E-state index is 0.0463. The minimum atomic E-state index is -3.85. The predicted octanol–water partition coefficient (Wildman–Crippen LogP) is 3.87. The Morgan fingerprint density at radius 3 is 2.38 bits per heavy atom. The number of hydrogen-bond donors (Lipinski definition) is 1. The average molecular weight is 461 g/mol. The topological polar surface area (TPSA) is 84.9 Å². The fraction of sp³-hybridized carbons (Fsp3) is 0.458. The van der Waals surface area contributed by atoms with Gasteiger partial charge >= 0.3 is 0 Å². The predicted molar refractivity (Wildman–Crippen MR) is 125 cm³/mol. The van der Waals surface area contributed by atoms with Crippen molar-refractivity contribution in [2.45, 2.75) is 44.4 Å². The molecule has 0 spiro atoms. The summed E-state index contributed by atoms with van der Waals surface area (Å²) in [6, 6.07) is 10.7. The number of carbonyl (C=O) groups excluding carboxylic acids is 1. The van der Waals surface area contributed by atoms with E-state index < -0.39 is 15.9 Å². The summed E-state index contributed by atoms with van der Waals surface area (Å²) in [4.78, 5) is 13.2. The molecule has 1 fully saturated rings. The lowest BCUT2D eigenvalue weighted by Crippen LogP contribution is -2.43. The number of amides is 1. The van der Waals surface area contributed by atoms with Gasteiger partial charge in [0.2, 0.25) is 15.9 Å². The number of para-hydroxylation sites is 1. The van der Waals surface area contributed by atoms with Crippen LogP contribution in [0.1, 0.15) is 37.8 Å². The molecule has 0 bridgehead atoms. The highest BCUT2D eigenvalue weighted by Gasteiger charge is 2.35. The van der Waals surface area contributed by atoms with Gasteiger partial charge in [-0.1, -0.05) is 32.0 Å². The van der Waals surface area contributed by atoms with Crippen molar-refractivity contribution in [2.24, 2.45) is 5.92 Å². The molecule has 1 heterocycles. The zero-order valence-corrected chi connectivity index (χ0v) is 20.0. The number of hydrogen-bond acceptors (Lipinski definition) is 5. The van der Waals surface area contributed by atoms with Gasteiger partial charge in [-0.15, -0.1) is 0 Å². The first-order valence-electron chi connectivity index (χ1n) is 11.0. The highest BCUT2D eigenvalue weighted by molar-refractivity contribution is 7.89. The number of benzene rings is 2. The Labute approximate surface area is 190 Å². The summed E-state index contributed by atoms with van der Waals surface area (Å²) in [5.74, 6) is 0.114. The number of anilines is 1. The van der Waals surface area contributed by atoms with Gasteiger partial charge in [-0.2, -0.15) is 4.31 Å². The third kappa shape index (κ3) is 4.91. The smallest absolute Gasteiger partial charge is 0.246 e. The lowest BCUT2D eigenvalue weighted by atomic mass is 9.97. The molecule has 174 valence electrons. The molecule has 1 N–H and O–H groups in total. The Balaban J connectivity index is 1.84. The molecule has 1 amide bonds. The maximum absolute atomic E-state index is 13.4. The minimum Gasteiger partial charge on any atom is -0.497 e. The van der Waals surface area contributed by atoms with Crippen molar-refractivity contribution >= 4 is 21.6 Å². The van der Waals surface area contributed by atoms with Gasteiger partial charge in [-0.3, -0.25) is 4.79 Å². The maximum Gasteiger partial charge on any atom is 0.246 e. The van der Waals surface area contributed by atoms with Crippen molar-refractivity contribution in [3.63, 3.8) is 0 Å². The molecule has 0 aromatic heterocycles. The second-order valence-electron chi connectivity index (χ2n) is 7.87. The molecule has 7 nitrogen and oxygen atoms in total. The van der Waals surface area contributed by atoms with E-state index in [0.717, 1.165) is 29.7 Å². The number of nitrogens with one attached hydrogen (secondary N) is 1. The van der Waals surface area contributed by atoms with E-state index >= 15 is 0 Å². The number of sulfonamides is 1. The summed E-state index contributed by atoms with van der Waals surface area (Å²) < 4.78 is 38.7. The van der Waals surface area contributed by atoms with Crippen LogP contribution < -0.4 is 14.8 Å². The zero-order valence-electron chi connectivity index (χ0n) is 19.2. The molecular weight excluding hydrogens is 428 g/mol. The monoisotopic (exact) mass is 460 g/mol. The van der Waals surface area contributed by atoms with E-state index in [2.05, 4.69) is 19.2 Å². The van der Waals surface area contributed by atoms with Gasteiger partial charge in [-0.25, -0.2) is 8.42 Å². The average Bonchev–Trinajstić information content (AvgIpc) is 2.83. The Kier molecular flexibility index (Phi) is 7.79. The number of methoxy groups -OCH3 is 2. The van der Waals surface area contributed by atoms with Crippen molar-refractivity contribution < 1.29 is 22.7 Å². The van der Waals surface area contributed by atoms with Crippen molar-refractivity contribution in [3.05, 3.63) is 47.5 Å². The van der Waals surface area contributed by atoms with E-state index in [4.69, 9.17) is 9.47 Å². The lowest BCUT2D eigenvalue weighted by Gasteiger charge is -2.32. The van der Waals surface area contributed by atoms with Crippen molar-refractivity contribution in [2.75, 3.05) is 32.6 Å². The number of piperidine rings is 1. The Morgan fingerprint density at radius 1 is 1.09 bits per heavy atom. The van der Waals surface area contributed by atoms with E-state index in [-0.39, 0.29) is 23.1 Å². The first-order chi connectivity index (χ1) is 15.3. The molecule has 1 aliphatic rings. The maximum atomic E-state index is 13.4. The van der Waals surface area contributed by atoms with Crippen LogP contribution in [0, 0.1) is 5.92 Å². The largest absolute Gasteiger partial charge is 0.497 e. The molecule has 2 aromatic rings. The number of ether oxygens (including phenoxy) is 2. The normalized spacial score (nSPS) is 17.1. The zero-order chi connectivity index (χ0) is 23.3. The first-order valence-corrected chi connectivity index (χ1v) is 12.4. The second-order valence-corrected chi connectivity index (χ2v) is 9.77. The Morgan fingerprint density at radius 2 is 1.78 bits per heavy atom. The number of nitrogens with zero attached hydrogens (tertiary/aromatic N) is 1. The van der Waals surface area contributed by atoms with E-state index in [9.17, 15) is 13.2 Å². The van der Waals surface area contributed by atoms with Gasteiger partial charge in [0.15, 0.2) is 0 Å². The van der Waals surface area contributed by atoms with Crippen molar-refractivity contribution in [1.82, 2.24) is 4.31 Å². The molecule has 0 saturated carbocycles. The summed E-state index contributed by atoms with van der Waals surface area (Å²) in [6.07, 6.45) is 2.87. The highest BCUT2D eigenvalue weighted by Crippen LogP contribution is 2.33. The summed E-state index contributed by atoms with van der Waals surface area (Å²) in [5, 5.41) is 3.10. The van der Waals surface area contributed by atoms with E-state index in [0.29, 0.717) is 25.1 Å². The van der Waals surface area contributed by atoms with Gasteiger partial charge in [0.1, 0.15) is 16.4 Å². The van der Waals surface area contributed by atoms with Crippen LogP contribution >= 0.6 is 0 Å². The molecule has 1 aliphatic heterocycles. The van der Waals surface area contributed by atoms with Crippen LogP contribution in [0.15, 0.2) is 41.3 Å². The Bertz CT molecular complexity index is 1050. The lowest BCUT2D eigenvalue weighted by molar-refractivity contribution is -0.120. The van der Waals surface area contributed by atoms with Gasteiger partial charge < -0.3 is 14.8 Å². The van der Waals surface area contributed by atoms with Crippen LogP contribution in [0.5, 0.6) is 11.5 Å². The summed E-state index contributed by atoms with van der Waals surface area (Å²) in [6.45, 7) is 4.60. The van der Waals surface area contributed by atoms with E-state index in [1.807, 2.05) is 18.2 Å². The third-order valence-electron chi connectivity index (χ3n) is 5.99. The van der Waals surface area contributed by atoms with Crippen LogP contribution in [-0.2, 0) is 27.7 Å². The number of carbonyl (C=O) groups is 1. The third-order valence-corrected chi connectivity index (χ3v) is 7.88. The fourth-order valence-electron chi connectivity index (χ4n) is 4.13. The molecule has 1 atom stereocenters. The molecule has 0 aliphatic carbocycles. The first kappa shape index (κ1) is 24.1. The standard InChI is InChI=1S/C24H32N2O5S/c1-5-17-9-7-10-18(6-2)23(17)25-24(27)19-11-8-14-26(16-19)32(28,29)22-15-20(30-3)12-13-21(22)31-4/h7,9-10,12-13,15,19H,5-6,8,11,14,16H2,1-4H3,(H,25,27)/t19-/m0/s1. The second kappa shape index (κ2) is 10.4. The molecule has 3 rings (SSSR count). The highest BCUT2D eigenvalue weighted by atomic mass is 32.2. The molecule has 2 aromatic carbocycles. The molecule has 1 saturated heterocycles. The quantitative estimate of drug-likeness (QED) is 0.646. The van der Waals surface area contributed by atoms with Crippen molar-refractivity contribution in [3.8, 4) is 11.5 Å². The summed E-state index contributed by atoms with van der Waals surface area (Å²) in [7, 11) is -0.935. The fourth-order valence-corrected chi connectivity index (χ4v) is 5.82. The molecule has 0 radical (unpaired) electrons. The van der Waals surface area contributed by atoms with Gasteiger partial charge in [0.05, 0.1) is 20.1 Å².